The third-order valence-corrected chi connectivity index (χ3v) is 14.5. The summed E-state index contributed by atoms with van der Waals surface area (Å²) in [4.78, 5) is 187. The minimum absolute atomic E-state index is 0.00843. The maximum Gasteiger partial charge on any atom is 0.326 e. The first kappa shape index (κ1) is 78.8. The molecule has 92 heavy (non-hydrogen) atoms. The second-order valence-corrected chi connectivity index (χ2v) is 22.7. The molecule has 0 aliphatic carbocycles. The Bertz CT molecular complexity index is 2790. The van der Waals surface area contributed by atoms with Crippen LogP contribution in [0.15, 0.2) is 47.8 Å². The van der Waals surface area contributed by atoms with Crippen LogP contribution < -0.4 is 88.0 Å². The Morgan fingerprint density at radius 2 is 0.967 bits per heavy atom. The van der Waals surface area contributed by atoms with E-state index < -0.39 is 169 Å². The molecule has 0 bridgehead atoms. The van der Waals surface area contributed by atoms with Gasteiger partial charge in [0.2, 0.25) is 65.0 Å². The summed E-state index contributed by atoms with van der Waals surface area (Å²) in [6, 6.07) is -7.03. The number of benzene rings is 1. The van der Waals surface area contributed by atoms with Crippen molar-refractivity contribution in [2.24, 2.45) is 57.0 Å². The van der Waals surface area contributed by atoms with Crippen molar-refractivity contribution in [1.82, 2.24) is 57.8 Å². The maximum absolute atomic E-state index is 14.7. The Morgan fingerprint density at radius 3 is 1.40 bits per heavy atom. The number of nitrogens with two attached hydrogens (primary N) is 7. The number of unbranched alkanes of at least 4 members (excludes halogenated alkanes) is 2. The van der Waals surface area contributed by atoms with Crippen molar-refractivity contribution in [2.75, 3.05) is 19.6 Å². The van der Waals surface area contributed by atoms with Gasteiger partial charge in [-0.2, -0.15) is 0 Å². The fourth-order valence-electron chi connectivity index (χ4n) is 9.27. The zero-order valence-electron chi connectivity index (χ0n) is 52.5. The van der Waals surface area contributed by atoms with E-state index in [9.17, 15) is 72.5 Å². The molecule has 0 spiro atoms. The topological polar surface area (TPSA) is 594 Å². The van der Waals surface area contributed by atoms with E-state index in [1.807, 2.05) is 0 Å². The molecule has 26 N–H and O–H groups in total. The average Bonchev–Trinajstić information content (AvgIpc) is 1.16. The summed E-state index contributed by atoms with van der Waals surface area (Å²) < 4.78 is 0. The predicted octanol–water partition coefficient (Wildman–Crippen LogP) is -5.01. The molecule has 34 nitrogen and oxygen atoms in total. The van der Waals surface area contributed by atoms with Crippen molar-refractivity contribution >= 4 is 82.9 Å². The summed E-state index contributed by atoms with van der Waals surface area (Å²) >= 11 is 0. The van der Waals surface area contributed by atoms with Gasteiger partial charge in [0.05, 0.1) is 25.2 Å². The number of rotatable bonds is 46. The van der Waals surface area contributed by atoms with E-state index >= 15 is 0 Å². The van der Waals surface area contributed by atoms with E-state index in [-0.39, 0.29) is 89.3 Å². The SMILES string of the molecule is CC[C@H](C)[C@H](NC(=O)[C@H](CC(N)=O)NC(=O)[C@H](Cc1cnc[nH]1)NC(=O)[C@H](Cc1ccccc1)NC(=O)[C@H](CCCN=C(N)N)NC(=O)[C@H](CCC(N)=O)NC(=O)[C@H](CCCCN)NC(=O)[C@H](CCCCN)NC(=O)[C@H](CC(=O)O)NC(=O)[C@@H](N)CC(C)C)C(=O)O. The van der Waals surface area contributed by atoms with E-state index in [0.717, 1.165) is 0 Å². The zero-order chi connectivity index (χ0) is 69.0. The molecule has 0 saturated heterocycles. The normalized spacial score (nSPS) is 14.7. The van der Waals surface area contributed by atoms with Crippen LogP contribution in [0.1, 0.15) is 129 Å². The lowest BCUT2D eigenvalue weighted by atomic mass is 9.98. The van der Waals surface area contributed by atoms with E-state index in [2.05, 4.69) is 62.8 Å². The summed E-state index contributed by atoms with van der Waals surface area (Å²) in [5.74, 6) is -14.7. The summed E-state index contributed by atoms with van der Waals surface area (Å²) in [5, 5.41) is 42.0. The molecular weight excluding hydrogens is 1200 g/mol. The quantitative estimate of drug-likeness (QED) is 0.0168. The molecule has 2 aromatic rings. The Hall–Kier alpha value is -9.31. The Kier molecular flexibility index (Phi) is 35.9. The third-order valence-electron chi connectivity index (χ3n) is 14.5. The van der Waals surface area contributed by atoms with Gasteiger partial charge in [0.1, 0.15) is 54.4 Å². The fourth-order valence-corrected chi connectivity index (χ4v) is 9.27. The number of primary amides is 2. The van der Waals surface area contributed by atoms with Gasteiger partial charge in [0.15, 0.2) is 5.96 Å². The molecule has 0 aliphatic heterocycles. The first-order chi connectivity index (χ1) is 43.5. The number of guanidine groups is 1. The molecule has 1 aromatic heterocycles. The molecule has 11 atom stereocenters. The lowest BCUT2D eigenvalue weighted by molar-refractivity contribution is -0.144. The second-order valence-electron chi connectivity index (χ2n) is 22.7. The molecule has 0 fully saturated rings. The molecular formula is C58H95N19O15. The van der Waals surface area contributed by atoms with Crippen LogP contribution in [0.2, 0.25) is 0 Å². The molecule has 512 valence electrons. The number of aromatic amines is 1. The highest BCUT2D eigenvalue weighted by atomic mass is 16.4. The number of hydrogen-bond acceptors (Lipinski definition) is 18. The molecule has 1 aromatic carbocycles. The highest BCUT2D eigenvalue weighted by Gasteiger charge is 2.37. The largest absolute Gasteiger partial charge is 0.481 e. The summed E-state index contributed by atoms with van der Waals surface area (Å²) in [7, 11) is 0. The summed E-state index contributed by atoms with van der Waals surface area (Å²) in [5.41, 5.74) is 40.4. The number of carbonyl (C=O) groups is 13. The van der Waals surface area contributed by atoms with E-state index in [0.29, 0.717) is 30.5 Å². The maximum atomic E-state index is 14.7. The van der Waals surface area contributed by atoms with Crippen molar-refractivity contribution < 1.29 is 72.5 Å². The standard InChI is InChI=1S/C58H95N19O15/c1-5-32(4)47(57(91)92)77-56(90)42(27-45(63)79)76-54(88)41(26-34-29-66-30-68-34)75-53(87)40(25-33-14-7-6-8-15-33)74-51(85)38(18-13-23-67-58(64)65)70-52(86)39(19-20-44(62)78)72-50(84)36(16-9-11-21-59)69-49(83)37(17-10-12-22-60)71-55(89)43(28-46(80)81)73-48(82)35(61)24-31(2)3/h6-8,14-15,29-32,35-43,47H,5,9-13,16-28,59-61H2,1-4H3,(H2,62,78)(H2,63,79)(H,66,68)(H,69,83)(H,70,86)(H,71,89)(H,72,84)(H,73,82)(H,74,85)(H,75,87)(H,76,88)(H,77,90)(H,80,81)(H,91,92)(H4,64,65,67)/t32-,35-,36-,37-,38-,39-,40-,41-,42-,43-,47-/m0/s1. The van der Waals surface area contributed by atoms with Gasteiger partial charge < -0.3 is 103 Å². The Labute approximate surface area is 533 Å². The number of carboxylic acids is 2. The minimum Gasteiger partial charge on any atom is -0.481 e. The van der Waals surface area contributed by atoms with Gasteiger partial charge in [-0.3, -0.25) is 62.5 Å². The lowest BCUT2D eigenvalue weighted by Crippen LogP contribution is -2.61. The number of imidazole rings is 1. The van der Waals surface area contributed by atoms with Crippen molar-refractivity contribution in [3.63, 3.8) is 0 Å². The smallest absolute Gasteiger partial charge is 0.326 e. The van der Waals surface area contributed by atoms with Crippen molar-refractivity contribution in [3.8, 4) is 0 Å². The highest BCUT2D eigenvalue weighted by Crippen LogP contribution is 2.14. The number of amides is 11. The number of aromatic nitrogens is 2. The van der Waals surface area contributed by atoms with E-state index in [4.69, 9.17) is 40.1 Å². The van der Waals surface area contributed by atoms with Crippen LogP contribution in [0.3, 0.4) is 0 Å². The zero-order valence-corrected chi connectivity index (χ0v) is 52.5. The van der Waals surface area contributed by atoms with Crippen molar-refractivity contribution in [2.45, 2.75) is 191 Å². The van der Waals surface area contributed by atoms with Crippen molar-refractivity contribution in [3.05, 3.63) is 54.1 Å². The minimum atomic E-state index is -1.73. The lowest BCUT2D eigenvalue weighted by Gasteiger charge is -2.28. The first-order valence-electron chi connectivity index (χ1n) is 30.5. The van der Waals surface area contributed by atoms with Crippen LogP contribution in [0.5, 0.6) is 0 Å². The van der Waals surface area contributed by atoms with E-state index in [1.165, 1.54) is 12.5 Å². The van der Waals surface area contributed by atoms with Crippen LogP contribution in [0.4, 0.5) is 0 Å². The number of hydrogen-bond donors (Lipinski definition) is 19. The van der Waals surface area contributed by atoms with Gasteiger partial charge >= 0.3 is 11.9 Å². The van der Waals surface area contributed by atoms with Gasteiger partial charge in [0, 0.05) is 37.7 Å². The number of H-pyrrole nitrogens is 1. The van der Waals surface area contributed by atoms with Gasteiger partial charge in [0.25, 0.3) is 0 Å². The second kappa shape index (κ2) is 41.9. The van der Waals surface area contributed by atoms with Gasteiger partial charge in [-0.15, -0.1) is 0 Å². The molecule has 2 rings (SSSR count). The monoisotopic (exact) mass is 1300 g/mol. The van der Waals surface area contributed by atoms with Crippen LogP contribution in [-0.4, -0.2) is 183 Å². The predicted molar refractivity (Wildman–Crippen MR) is 335 cm³/mol. The van der Waals surface area contributed by atoms with Crippen molar-refractivity contribution in [1.29, 1.82) is 0 Å². The molecule has 0 unspecified atom stereocenters. The average molecular weight is 1300 g/mol. The Balaban J connectivity index is 2.64. The Morgan fingerprint density at radius 1 is 0.533 bits per heavy atom. The van der Waals surface area contributed by atoms with Gasteiger partial charge in [-0.05, 0) is 94.7 Å². The molecule has 11 amide bonds. The molecule has 1 heterocycles. The number of nitrogens with one attached hydrogen (secondary N) is 10. The van der Waals surface area contributed by atoms with E-state index in [1.54, 1.807) is 58.0 Å². The highest BCUT2D eigenvalue weighted by molar-refractivity contribution is 6.00. The number of aliphatic carboxylic acids is 2. The molecule has 0 saturated carbocycles. The van der Waals surface area contributed by atoms with Gasteiger partial charge in [-0.1, -0.05) is 64.4 Å². The van der Waals surface area contributed by atoms with Crippen LogP contribution in [0, 0.1) is 11.8 Å². The fraction of sp³-hybridized carbons (Fsp3) is 0.603. The first-order valence-corrected chi connectivity index (χ1v) is 30.5. The number of aliphatic imine (C=N–C) groups is 1. The number of carboxylic acid groups (broad SMARTS) is 2. The molecule has 34 heteroatoms. The summed E-state index contributed by atoms with van der Waals surface area (Å²) in [6.07, 6.45) is 0.741. The van der Waals surface area contributed by atoms with Crippen LogP contribution >= 0.6 is 0 Å². The molecule has 0 radical (unpaired) electrons. The number of carbonyl (C=O) groups excluding carboxylic acids is 11. The summed E-state index contributed by atoms with van der Waals surface area (Å²) in [6.45, 7) is 7.15. The number of nitrogens with zero attached hydrogens (tertiary/aromatic N) is 2. The van der Waals surface area contributed by atoms with Gasteiger partial charge in [-0.25, -0.2) is 9.78 Å². The molecule has 0 aliphatic rings. The third kappa shape index (κ3) is 30.5. The van der Waals surface area contributed by atoms with Crippen LogP contribution in [-0.2, 0) is 75.2 Å². The van der Waals surface area contributed by atoms with Crippen LogP contribution in [0.25, 0.3) is 0 Å².